The molecule has 0 radical (unpaired) electrons. The number of aliphatic carboxylic acids is 1. The average Bonchev–Trinajstić information content (AvgIpc) is 2.23. The van der Waals surface area contributed by atoms with Crippen molar-refractivity contribution >= 4 is 5.97 Å². The molecule has 0 spiro atoms. The van der Waals surface area contributed by atoms with Gasteiger partial charge < -0.3 is 10.8 Å². The molecule has 0 atom stereocenters. The van der Waals surface area contributed by atoms with Gasteiger partial charge in [0.25, 0.3) is 0 Å². The maximum atomic E-state index is 13.0. The first-order valence-electron chi connectivity index (χ1n) is 5.53. The van der Waals surface area contributed by atoms with E-state index in [-0.39, 0.29) is 12.8 Å². The fraction of sp³-hybridized carbons (Fsp3) is 0.417. The van der Waals surface area contributed by atoms with E-state index in [9.17, 15) is 27.5 Å². The van der Waals surface area contributed by atoms with Gasteiger partial charge in [-0.05, 0) is 30.5 Å². The predicted octanol–water partition coefficient (Wildman–Crippen LogP) is 2.29. The van der Waals surface area contributed by atoms with E-state index in [0.29, 0.717) is 6.07 Å². The van der Waals surface area contributed by atoms with E-state index in [4.69, 9.17) is 5.73 Å². The van der Waals surface area contributed by atoms with Gasteiger partial charge in [-0.3, -0.25) is 4.79 Å². The Morgan fingerprint density at radius 1 is 1.37 bits per heavy atom. The molecular weight excluding hydrogens is 266 g/mol. The number of benzene rings is 1. The minimum absolute atomic E-state index is 0.0863. The van der Waals surface area contributed by atoms with E-state index in [1.807, 2.05) is 0 Å². The van der Waals surface area contributed by atoms with Crippen LogP contribution < -0.4 is 5.73 Å². The van der Waals surface area contributed by atoms with Crippen LogP contribution in [0.4, 0.5) is 17.6 Å². The highest BCUT2D eigenvalue weighted by Gasteiger charge is 2.53. The highest BCUT2D eigenvalue weighted by atomic mass is 19.4. The van der Waals surface area contributed by atoms with Crippen LogP contribution in [0.15, 0.2) is 18.2 Å². The van der Waals surface area contributed by atoms with Gasteiger partial charge in [-0.15, -0.1) is 0 Å². The lowest BCUT2D eigenvalue weighted by Gasteiger charge is -2.44. The molecule has 0 aromatic heterocycles. The van der Waals surface area contributed by atoms with E-state index in [2.05, 4.69) is 0 Å². The van der Waals surface area contributed by atoms with Gasteiger partial charge >= 0.3 is 12.1 Å². The number of hydrogen-bond acceptors (Lipinski definition) is 2. The third kappa shape index (κ3) is 2.18. The quantitative estimate of drug-likeness (QED) is 0.815. The van der Waals surface area contributed by atoms with Gasteiger partial charge in [-0.2, -0.15) is 13.2 Å². The molecule has 3 N–H and O–H groups in total. The molecule has 1 fully saturated rings. The van der Waals surface area contributed by atoms with Gasteiger partial charge in [-0.25, -0.2) is 4.39 Å². The van der Waals surface area contributed by atoms with Crippen molar-refractivity contribution in [3.05, 3.63) is 35.1 Å². The van der Waals surface area contributed by atoms with Crippen LogP contribution in [0.25, 0.3) is 0 Å². The average molecular weight is 277 g/mol. The summed E-state index contributed by atoms with van der Waals surface area (Å²) in [6, 6.07) is 1.59. The summed E-state index contributed by atoms with van der Waals surface area (Å²) in [5, 5.41) is 9.20. The van der Waals surface area contributed by atoms with Crippen molar-refractivity contribution in [2.75, 3.05) is 0 Å². The van der Waals surface area contributed by atoms with Crippen molar-refractivity contribution in [2.45, 2.75) is 30.5 Å². The lowest BCUT2D eigenvalue weighted by Crippen LogP contribution is -2.54. The van der Waals surface area contributed by atoms with Crippen LogP contribution >= 0.6 is 0 Å². The van der Waals surface area contributed by atoms with Gasteiger partial charge in [0.1, 0.15) is 5.82 Å². The highest BCUT2D eigenvalue weighted by Crippen LogP contribution is 2.48. The molecular formula is C12H11F4NO2. The van der Waals surface area contributed by atoms with Crippen molar-refractivity contribution in [3.63, 3.8) is 0 Å². The Balaban J connectivity index is 2.59. The largest absolute Gasteiger partial charge is 0.481 e. The monoisotopic (exact) mass is 277 g/mol. The molecule has 3 nitrogen and oxygen atoms in total. The zero-order valence-corrected chi connectivity index (χ0v) is 9.67. The van der Waals surface area contributed by atoms with Gasteiger partial charge in [0, 0.05) is 6.04 Å². The first-order chi connectivity index (χ1) is 8.67. The van der Waals surface area contributed by atoms with Crippen LogP contribution in [0.5, 0.6) is 0 Å². The van der Waals surface area contributed by atoms with Crippen LogP contribution in [0.1, 0.15) is 24.0 Å². The van der Waals surface area contributed by atoms with Crippen LogP contribution in [-0.2, 0) is 16.4 Å². The summed E-state index contributed by atoms with van der Waals surface area (Å²) in [6.07, 6.45) is -4.98. The number of nitrogens with two attached hydrogens (primary N) is 1. The Morgan fingerprint density at radius 3 is 2.37 bits per heavy atom. The molecule has 2 rings (SSSR count). The first-order valence-corrected chi connectivity index (χ1v) is 5.53. The van der Waals surface area contributed by atoms with Crippen LogP contribution in [-0.4, -0.2) is 17.1 Å². The third-order valence-electron chi connectivity index (χ3n) is 3.43. The summed E-state index contributed by atoms with van der Waals surface area (Å²) in [4.78, 5) is 11.3. The second-order valence-electron chi connectivity index (χ2n) is 4.74. The first kappa shape index (κ1) is 13.8. The lowest BCUT2D eigenvalue weighted by molar-refractivity contribution is -0.150. The lowest BCUT2D eigenvalue weighted by atomic mass is 9.61. The smallest absolute Gasteiger partial charge is 0.416 e. The van der Waals surface area contributed by atoms with Gasteiger partial charge in [0.15, 0.2) is 0 Å². The Bertz CT molecular complexity index is 521. The molecule has 1 aromatic rings. The molecule has 0 amide bonds. The Kier molecular flexibility index (Phi) is 3.04. The van der Waals surface area contributed by atoms with Crippen LogP contribution in [0, 0.1) is 5.82 Å². The Morgan fingerprint density at radius 2 is 1.95 bits per heavy atom. The minimum atomic E-state index is -4.81. The highest BCUT2D eigenvalue weighted by molar-refractivity contribution is 5.83. The molecule has 0 aliphatic heterocycles. The zero-order valence-electron chi connectivity index (χ0n) is 9.67. The van der Waals surface area contributed by atoms with Crippen molar-refractivity contribution < 1.29 is 27.5 Å². The Hall–Kier alpha value is -1.63. The van der Waals surface area contributed by atoms with Crippen molar-refractivity contribution in [2.24, 2.45) is 5.73 Å². The second-order valence-corrected chi connectivity index (χ2v) is 4.74. The number of halogens is 4. The maximum absolute atomic E-state index is 13.0. The molecule has 104 valence electrons. The molecule has 19 heavy (non-hydrogen) atoms. The van der Waals surface area contributed by atoms with E-state index in [1.54, 1.807) is 0 Å². The molecule has 1 saturated carbocycles. The molecule has 0 saturated heterocycles. The van der Waals surface area contributed by atoms with Crippen molar-refractivity contribution in [1.82, 2.24) is 0 Å². The third-order valence-corrected chi connectivity index (χ3v) is 3.43. The molecule has 0 unspecified atom stereocenters. The normalized spacial score (nSPS) is 26.9. The summed E-state index contributed by atoms with van der Waals surface area (Å²) in [5.41, 5.74) is 2.16. The molecule has 0 bridgehead atoms. The zero-order chi connectivity index (χ0) is 14.4. The molecule has 1 aliphatic carbocycles. The minimum Gasteiger partial charge on any atom is -0.481 e. The number of carbonyl (C=O) groups is 1. The number of alkyl halides is 3. The van der Waals surface area contributed by atoms with Crippen molar-refractivity contribution in [1.29, 1.82) is 0 Å². The van der Waals surface area contributed by atoms with Gasteiger partial charge in [-0.1, -0.05) is 6.07 Å². The molecule has 7 heteroatoms. The number of carboxylic acid groups (broad SMARTS) is 1. The Labute approximate surface area is 106 Å². The van der Waals surface area contributed by atoms with Gasteiger partial charge in [0.2, 0.25) is 0 Å². The van der Waals surface area contributed by atoms with E-state index < -0.39 is 40.5 Å². The van der Waals surface area contributed by atoms with Crippen LogP contribution in [0.2, 0.25) is 0 Å². The summed E-state index contributed by atoms with van der Waals surface area (Å²) < 4.78 is 51.7. The fourth-order valence-electron chi connectivity index (χ4n) is 2.51. The van der Waals surface area contributed by atoms with Crippen molar-refractivity contribution in [3.8, 4) is 0 Å². The number of carboxylic acids is 1. The van der Waals surface area contributed by atoms with E-state index >= 15 is 0 Å². The summed E-state index contributed by atoms with van der Waals surface area (Å²) in [6.45, 7) is 0. The standard InChI is InChI=1S/C12H11F4NO2/c13-6-1-2-8(9(3-6)12(14,15)16)11(10(18)19)4-7(17)5-11/h1-3,7H,4-5,17H2,(H,18,19). The SMILES string of the molecule is NC1CC(C(=O)O)(c2ccc(F)cc2C(F)(F)F)C1. The molecule has 1 aromatic carbocycles. The van der Waals surface area contributed by atoms with E-state index in [0.717, 1.165) is 12.1 Å². The number of hydrogen-bond donors (Lipinski definition) is 2. The topological polar surface area (TPSA) is 63.3 Å². The number of rotatable bonds is 2. The summed E-state index contributed by atoms with van der Waals surface area (Å²) in [5.74, 6) is -2.42. The van der Waals surface area contributed by atoms with E-state index in [1.165, 1.54) is 0 Å². The summed E-state index contributed by atoms with van der Waals surface area (Å²) >= 11 is 0. The second kappa shape index (κ2) is 4.19. The molecule has 0 heterocycles. The fourth-order valence-corrected chi connectivity index (χ4v) is 2.51. The predicted molar refractivity (Wildman–Crippen MR) is 57.9 cm³/mol. The molecule has 1 aliphatic rings. The maximum Gasteiger partial charge on any atom is 0.416 e. The summed E-state index contributed by atoms with van der Waals surface area (Å²) in [7, 11) is 0. The van der Waals surface area contributed by atoms with Crippen LogP contribution in [0.3, 0.4) is 0 Å². The van der Waals surface area contributed by atoms with Gasteiger partial charge in [0.05, 0.1) is 11.0 Å².